The average molecular weight is 255 g/mol. The molecule has 0 fully saturated rings. The Morgan fingerprint density at radius 2 is 2.00 bits per heavy atom. The second-order valence-corrected chi connectivity index (χ2v) is 4.72. The van der Waals surface area contributed by atoms with Gasteiger partial charge in [-0.15, -0.1) is 0 Å². The first-order chi connectivity index (χ1) is 9.36. The predicted molar refractivity (Wildman–Crippen MR) is 75.6 cm³/mol. The zero-order valence-electron chi connectivity index (χ0n) is 10.6. The Morgan fingerprint density at radius 3 is 2.89 bits per heavy atom. The Balaban J connectivity index is 1.84. The van der Waals surface area contributed by atoms with Gasteiger partial charge in [-0.25, -0.2) is 15.8 Å². The molecule has 0 spiro atoms. The minimum absolute atomic E-state index is 0.311. The minimum Gasteiger partial charge on any atom is -0.363 e. The summed E-state index contributed by atoms with van der Waals surface area (Å²) < 4.78 is 0. The summed E-state index contributed by atoms with van der Waals surface area (Å²) in [7, 11) is 0. The lowest BCUT2D eigenvalue weighted by atomic mass is 9.88. The molecule has 1 aromatic carbocycles. The van der Waals surface area contributed by atoms with Crippen molar-refractivity contribution in [3.8, 4) is 0 Å². The molecule has 1 aliphatic carbocycles. The van der Waals surface area contributed by atoms with E-state index in [9.17, 15) is 0 Å². The van der Waals surface area contributed by atoms with E-state index in [0.29, 0.717) is 11.9 Å². The van der Waals surface area contributed by atoms with Crippen molar-refractivity contribution >= 4 is 11.6 Å². The maximum Gasteiger partial charge on any atom is 0.145 e. The third-order valence-electron chi connectivity index (χ3n) is 3.51. The van der Waals surface area contributed by atoms with Crippen molar-refractivity contribution in [2.45, 2.75) is 25.3 Å². The van der Waals surface area contributed by atoms with Crippen molar-refractivity contribution in [3.63, 3.8) is 0 Å². The van der Waals surface area contributed by atoms with Crippen molar-refractivity contribution in [2.24, 2.45) is 5.84 Å². The van der Waals surface area contributed by atoms with Gasteiger partial charge in [-0.3, -0.25) is 0 Å². The molecule has 1 atom stereocenters. The van der Waals surface area contributed by atoms with Gasteiger partial charge in [-0.1, -0.05) is 24.3 Å². The molecule has 5 heteroatoms. The molecule has 1 heterocycles. The van der Waals surface area contributed by atoms with Gasteiger partial charge in [0.05, 0.1) is 6.04 Å². The molecular formula is C14H17N5. The summed E-state index contributed by atoms with van der Waals surface area (Å²) in [4.78, 5) is 8.24. The molecule has 0 amide bonds. The van der Waals surface area contributed by atoms with Gasteiger partial charge in [0.1, 0.15) is 18.0 Å². The number of anilines is 2. The van der Waals surface area contributed by atoms with E-state index >= 15 is 0 Å². The van der Waals surface area contributed by atoms with Crippen molar-refractivity contribution in [2.75, 3.05) is 10.7 Å². The van der Waals surface area contributed by atoms with Crippen molar-refractivity contribution < 1.29 is 0 Å². The molecule has 5 nitrogen and oxygen atoms in total. The van der Waals surface area contributed by atoms with Crippen LogP contribution in [-0.2, 0) is 6.42 Å². The number of nitrogens with one attached hydrogen (secondary N) is 2. The molecule has 1 aromatic heterocycles. The van der Waals surface area contributed by atoms with E-state index < -0.39 is 0 Å². The maximum absolute atomic E-state index is 5.36. The molecule has 19 heavy (non-hydrogen) atoms. The lowest BCUT2D eigenvalue weighted by Gasteiger charge is -2.26. The second-order valence-electron chi connectivity index (χ2n) is 4.72. The highest BCUT2D eigenvalue weighted by Gasteiger charge is 2.19. The largest absolute Gasteiger partial charge is 0.363 e. The van der Waals surface area contributed by atoms with Crippen molar-refractivity contribution in [3.05, 3.63) is 47.8 Å². The van der Waals surface area contributed by atoms with Crippen LogP contribution in [-0.4, -0.2) is 9.97 Å². The summed E-state index contributed by atoms with van der Waals surface area (Å²) in [6.45, 7) is 0. The van der Waals surface area contributed by atoms with Gasteiger partial charge in [0, 0.05) is 6.07 Å². The standard InChI is InChI=1S/C14H17N5/c15-19-14-8-13(16-9-17-14)18-12-7-3-5-10-4-1-2-6-11(10)12/h1-2,4,6,8-9,12H,3,5,7,15H2,(H2,16,17,18,19). The SMILES string of the molecule is NNc1cc(NC2CCCc3ccccc32)ncn1. The number of nitrogens with zero attached hydrogens (tertiary/aromatic N) is 2. The molecular weight excluding hydrogens is 238 g/mol. The van der Waals surface area contributed by atoms with E-state index in [1.54, 1.807) is 0 Å². The van der Waals surface area contributed by atoms with Gasteiger partial charge in [0.25, 0.3) is 0 Å². The third kappa shape index (κ3) is 2.51. The number of benzene rings is 1. The Labute approximate surface area is 112 Å². The fourth-order valence-corrected chi connectivity index (χ4v) is 2.60. The summed E-state index contributed by atoms with van der Waals surface area (Å²) in [5, 5.41) is 3.47. The van der Waals surface area contributed by atoms with E-state index in [4.69, 9.17) is 5.84 Å². The first kappa shape index (κ1) is 11.9. The third-order valence-corrected chi connectivity index (χ3v) is 3.51. The highest BCUT2D eigenvalue weighted by molar-refractivity contribution is 5.48. The molecule has 0 radical (unpaired) electrons. The summed E-state index contributed by atoms with van der Waals surface area (Å²) in [5.41, 5.74) is 5.33. The number of nitrogen functional groups attached to an aromatic ring is 1. The van der Waals surface area contributed by atoms with Crippen LogP contribution in [0.1, 0.15) is 30.0 Å². The van der Waals surface area contributed by atoms with Crippen LogP contribution in [0.5, 0.6) is 0 Å². The van der Waals surface area contributed by atoms with Gasteiger partial charge < -0.3 is 10.7 Å². The molecule has 0 bridgehead atoms. The second kappa shape index (κ2) is 5.24. The fraction of sp³-hybridized carbons (Fsp3) is 0.286. The highest BCUT2D eigenvalue weighted by Crippen LogP contribution is 2.31. The maximum atomic E-state index is 5.36. The summed E-state index contributed by atoms with van der Waals surface area (Å²) in [5.74, 6) is 6.77. The smallest absolute Gasteiger partial charge is 0.145 e. The number of aryl methyl sites for hydroxylation is 1. The van der Waals surface area contributed by atoms with Crippen molar-refractivity contribution in [1.82, 2.24) is 9.97 Å². The highest BCUT2D eigenvalue weighted by atomic mass is 15.3. The Morgan fingerprint density at radius 1 is 1.16 bits per heavy atom. The van der Waals surface area contributed by atoms with Gasteiger partial charge in [0.2, 0.25) is 0 Å². The van der Waals surface area contributed by atoms with Gasteiger partial charge >= 0.3 is 0 Å². The van der Waals surface area contributed by atoms with Crippen LogP contribution in [0.3, 0.4) is 0 Å². The quantitative estimate of drug-likeness (QED) is 0.579. The van der Waals surface area contributed by atoms with Gasteiger partial charge in [0.15, 0.2) is 0 Å². The summed E-state index contributed by atoms with van der Waals surface area (Å²) in [6.07, 6.45) is 4.98. The number of rotatable bonds is 3. The van der Waals surface area contributed by atoms with Crippen LogP contribution in [0.15, 0.2) is 36.7 Å². The summed E-state index contributed by atoms with van der Waals surface area (Å²) >= 11 is 0. The zero-order chi connectivity index (χ0) is 13.1. The number of aromatic nitrogens is 2. The first-order valence-electron chi connectivity index (χ1n) is 6.50. The molecule has 3 rings (SSSR count). The summed E-state index contributed by atoms with van der Waals surface area (Å²) in [6, 6.07) is 10.7. The lowest BCUT2D eigenvalue weighted by molar-refractivity contribution is 0.598. The number of hydrogen-bond acceptors (Lipinski definition) is 5. The van der Waals surface area contributed by atoms with Crippen LogP contribution in [0, 0.1) is 0 Å². The Kier molecular flexibility index (Phi) is 3.29. The molecule has 2 aromatic rings. The lowest BCUT2D eigenvalue weighted by Crippen LogP contribution is -2.18. The number of hydrogen-bond donors (Lipinski definition) is 3. The molecule has 0 saturated carbocycles. The molecule has 1 unspecified atom stereocenters. The molecule has 4 N–H and O–H groups in total. The number of nitrogens with two attached hydrogens (primary N) is 1. The van der Waals surface area contributed by atoms with Crippen LogP contribution in [0.4, 0.5) is 11.6 Å². The first-order valence-corrected chi connectivity index (χ1v) is 6.50. The van der Waals surface area contributed by atoms with E-state index in [-0.39, 0.29) is 0 Å². The van der Waals surface area contributed by atoms with Crippen LogP contribution >= 0.6 is 0 Å². The van der Waals surface area contributed by atoms with Crippen LogP contribution in [0.25, 0.3) is 0 Å². The van der Waals surface area contributed by atoms with E-state index in [1.807, 2.05) is 6.07 Å². The van der Waals surface area contributed by atoms with Crippen molar-refractivity contribution in [1.29, 1.82) is 0 Å². The minimum atomic E-state index is 0.311. The van der Waals surface area contributed by atoms with E-state index in [2.05, 4.69) is 45.0 Å². The van der Waals surface area contributed by atoms with E-state index in [0.717, 1.165) is 18.7 Å². The van der Waals surface area contributed by atoms with Crippen LogP contribution < -0.4 is 16.6 Å². The molecule has 98 valence electrons. The van der Waals surface area contributed by atoms with Crippen LogP contribution in [0.2, 0.25) is 0 Å². The number of fused-ring (bicyclic) bond motifs is 1. The molecule has 1 aliphatic rings. The fourth-order valence-electron chi connectivity index (χ4n) is 2.60. The monoisotopic (exact) mass is 255 g/mol. The Bertz CT molecular complexity index is 569. The van der Waals surface area contributed by atoms with Gasteiger partial charge in [-0.2, -0.15) is 0 Å². The molecule has 0 aliphatic heterocycles. The van der Waals surface area contributed by atoms with E-state index in [1.165, 1.54) is 23.9 Å². The normalized spacial score (nSPS) is 17.6. The topological polar surface area (TPSA) is 75.9 Å². The average Bonchev–Trinajstić information content (AvgIpc) is 2.48. The number of hydrazine groups is 1. The van der Waals surface area contributed by atoms with Gasteiger partial charge in [-0.05, 0) is 30.4 Å². The predicted octanol–water partition coefficient (Wildman–Crippen LogP) is 2.25. The molecule has 0 saturated heterocycles. The Hall–Kier alpha value is -2.14. The zero-order valence-corrected chi connectivity index (χ0v) is 10.6.